The van der Waals surface area contributed by atoms with E-state index in [0.29, 0.717) is 0 Å². The Morgan fingerprint density at radius 3 is 2.83 bits per heavy atom. The Morgan fingerprint density at radius 1 is 1.33 bits per heavy atom. The van der Waals surface area contributed by atoms with Crippen molar-refractivity contribution in [1.29, 1.82) is 0 Å². The van der Waals surface area contributed by atoms with Gasteiger partial charge in [0.25, 0.3) is 0 Å². The molecule has 0 spiro atoms. The zero-order chi connectivity index (χ0) is 13.0. The van der Waals surface area contributed by atoms with Gasteiger partial charge in [0.2, 0.25) is 0 Å². The molecular weight excluding hydrogens is 312 g/mol. The lowest BCUT2D eigenvalue weighted by atomic mass is 10.2. The van der Waals surface area contributed by atoms with Gasteiger partial charge >= 0.3 is 0 Å². The van der Waals surface area contributed by atoms with Crippen LogP contribution in [0.15, 0.2) is 47.1 Å². The minimum atomic E-state index is 0.200. The molecule has 2 nitrogen and oxygen atoms in total. The van der Waals surface area contributed by atoms with Crippen LogP contribution in [0.2, 0.25) is 5.02 Å². The van der Waals surface area contributed by atoms with Crippen LogP contribution in [0.1, 0.15) is 24.2 Å². The van der Waals surface area contributed by atoms with Crippen molar-refractivity contribution < 1.29 is 0 Å². The zero-order valence-corrected chi connectivity index (χ0v) is 12.4. The second-order valence-corrected chi connectivity index (χ2v) is 5.42. The molecule has 0 saturated heterocycles. The summed E-state index contributed by atoms with van der Waals surface area (Å²) in [7, 11) is 0. The second kappa shape index (κ2) is 6.32. The van der Waals surface area contributed by atoms with Crippen molar-refractivity contribution in [2.45, 2.75) is 19.5 Å². The summed E-state index contributed by atoms with van der Waals surface area (Å²) >= 11 is 9.57. The molecular formula is C14H14BrClN2. The van der Waals surface area contributed by atoms with Gasteiger partial charge < -0.3 is 5.32 Å². The zero-order valence-electron chi connectivity index (χ0n) is 10.0. The largest absolute Gasteiger partial charge is 0.305 e. The van der Waals surface area contributed by atoms with Gasteiger partial charge in [-0.05, 0) is 36.8 Å². The number of hydrogen-bond acceptors (Lipinski definition) is 2. The number of benzene rings is 1. The molecule has 1 atom stereocenters. The first kappa shape index (κ1) is 13.5. The molecule has 0 aliphatic rings. The van der Waals surface area contributed by atoms with E-state index >= 15 is 0 Å². The molecule has 2 aromatic rings. The Bertz CT molecular complexity index is 516. The van der Waals surface area contributed by atoms with Crippen molar-refractivity contribution in [2.24, 2.45) is 0 Å². The Balaban J connectivity index is 1.99. The average Bonchev–Trinajstić information content (AvgIpc) is 2.38. The van der Waals surface area contributed by atoms with Crippen LogP contribution in [-0.4, -0.2) is 4.98 Å². The van der Waals surface area contributed by atoms with Crippen molar-refractivity contribution in [3.05, 3.63) is 63.3 Å². The van der Waals surface area contributed by atoms with Crippen LogP contribution >= 0.6 is 27.5 Å². The van der Waals surface area contributed by atoms with Crippen LogP contribution in [0.4, 0.5) is 0 Å². The van der Waals surface area contributed by atoms with Gasteiger partial charge in [-0.2, -0.15) is 0 Å². The van der Waals surface area contributed by atoms with Crippen LogP contribution in [-0.2, 0) is 6.54 Å². The first-order chi connectivity index (χ1) is 8.66. The third-order valence-electron chi connectivity index (χ3n) is 2.75. The fraction of sp³-hybridized carbons (Fsp3) is 0.214. The normalized spacial score (nSPS) is 12.4. The Kier molecular flexibility index (Phi) is 4.75. The SMILES string of the molecule is C[C@H](NCc1ccc(Br)cc1Cl)c1ccccn1. The standard InChI is InChI=1S/C14H14BrClN2/c1-10(14-4-2-3-7-17-14)18-9-11-5-6-12(15)8-13(11)16/h2-8,10,18H,9H2,1H3/t10-/m0/s1. The molecule has 0 aliphatic carbocycles. The van der Waals surface area contributed by atoms with Gasteiger partial charge in [-0.3, -0.25) is 4.98 Å². The maximum atomic E-state index is 6.17. The second-order valence-electron chi connectivity index (χ2n) is 4.09. The Morgan fingerprint density at radius 2 is 2.17 bits per heavy atom. The summed E-state index contributed by atoms with van der Waals surface area (Å²) in [6, 6.07) is 12.0. The minimum absolute atomic E-state index is 0.200. The molecule has 94 valence electrons. The highest BCUT2D eigenvalue weighted by Crippen LogP contribution is 2.22. The molecule has 1 aromatic heterocycles. The summed E-state index contributed by atoms with van der Waals surface area (Å²) in [5, 5.41) is 4.18. The molecule has 0 fully saturated rings. The highest BCUT2D eigenvalue weighted by molar-refractivity contribution is 9.10. The summed E-state index contributed by atoms with van der Waals surface area (Å²) in [6.07, 6.45) is 1.81. The van der Waals surface area contributed by atoms with E-state index in [2.05, 4.69) is 33.2 Å². The van der Waals surface area contributed by atoms with E-state index in [0.717, 1.165) is 27.3 Å². The quantitative estimate of drug-likeness (QED) is 0.904. The number of nitrogens with zero attached hydrogens (tertiary/aromatic N) is 1. The van der Waals surface area contributed by atoms with E-state index in [1.54, 1.807) is 6.20 Å². The highest BCUT2D eigenvalue weighted by Gasteiger charge is 2.07. The maximum absolute atomic E-state index is 6.17. The number of rotatable bonds is 4. The van der Waals surface area contributed by atoms with E-state index in [1.807, 2.05) is 36.4 Å². The molecule has 1 heterocycles. The van der Waals surface area contributed by atoms with Gasteiger partial charge in [0, 0.05) is 28.3 Å². The average molecular weight is 326 g/mol. The highest BCUT2D eigenvalue weighted by atomic mass is 79.9. The number of hydrogen-bond donors (Lipinski definition) is 1. The summed E-state index contributed by atoms with van der Waals surface area (Å²) < 4.78 is 0.994. The van der Waals surface area contributed by atoms with E-state index < -0.39 is 0 Å². The summed E-state index contributed by atoms with van der Waals surface area (Å²) in [5.74, 6) is 0. The number of pyridine rings is 1. The molecule has 2 rings (SSSR count). The molecule has 18 heavy (non-hydrogen) atoms. The van der Waals surface area contributed by atoms with Gasteiger partial charge in [0.1, 0.15) is 0 Å². The lowest BCUT2D eigenvalue weighted by molar-refractivity contribution is 0.561. The van der Waals surface area contributed by atoms with Gasteiger partial charge in [-0.25, -0.2) is 0 Å². The summed E-state index contributed by atoms with van der Waals surface area (Å²) in [4.78, 5) is 4.32. The molecule has 0 saturated carbocycles. The molecule has 1 aromatic carbocycles. The van der Waals surface area contributed by atoms with Crippen LogP contribution in [0.3, 0.4) is 0 Å². The minimum Gasteiger partial charge on any atom is -0.305 e. The first-order valence-corrected chi connectivity index (χ1v) is 6.92. The predicted molar refractivity (Wildman–Crippen MR) is 78.6 cm³/mol. The molecule has 0 bridgehead atoms. The smallest absolute Gasteiger partial charge is 0.0570 e. The van der Waals surface area contributed by atoms with E-state index in [1.165, 1.54) is 0 Å². The fourth-order valence-electron chi connectivity index (χ4n) is 1.66. The van der Waals surface area contributed by atoms with Crippen molar-refractivity contribution in [3.8, 4) is 0 Å². The van der Waals surface area contributed by atoms with E-state index in [4.69, 9.17) is 11.6 Å². The van der Waals surface area contributed by atoms with Crippen LogP contribution < -0.4 is 5.32 Å². The third kappa shape index (κ3) is 3.55. The van der Waals surface area contributed by atoms with Gasteiger partial charge in [-0.15, -0.1) is 0 Å². The van der Waals surface area contributed by atoms with Gasteiger partial charge in [0.05, 0.1) is 5.69 Å². The van der Waals surface area contributed by atoms with Crippen molar-refractivity contribution >= 4 is 27.5 Å². The van der Waals surface area contributed by atoms with Gasteiger partial charge in [-0.1, -0.05) is 39.7 Å². The molecule has 0 unspecified atom stereocenters. The molecule has 0 radical (unpaired) electrons. The Labute approximate surface area is 121 Å². The summed E-state index contributed by atoms with van der Waals surface area (Å²) in [5.41, 5.74) is 2.12. The van der Waals surface area contributed by atoms with Crippen LogP contribution in [0, 0.1) is 0 Å². The molecule has 0 amide bonds. The maximum Gasteiger partial charge on any atom is 0.0570 e. The molecule has 4 heteroatoms. The molecule has 0 aliphatic heterocycles. The third-order valence-corrected chi connectivity index (χ3v) is 3.59. The summed E-state index contributed by atoms with van der Waals surface area (Å²) in [6.45, 7) is 2.82. The monoisotopic (exact) mass is 324 g/mol. The lowest BCUT2D eigenvalue weighted by Crippen LogP contribution is -2.19. The van der Waals surface area contributed by atoms with Gasteiger partial charge in [0.15, 0.2) is 0 Å². The first-order valence-electron chi connectivity index (χ1n) is 5.75. The van der Waals surface area contributed by atoms with Crippen molar-refractivity contribution in [3.63, 3.8) is 0 Å². The van der Waals surface area contributed by atoms with Crippen LogP contribution in [0.25, 0.3) is 0 Å². The topological polar surface area (TPSA) is 24.9 Å². The van der Waals surface area contributed by atoms with Crippen LogP contribution in [0.5, 0.6) is 0 Å². The lowest BCUT2D eigenvalue weighted by Gasteiger charge is -2.14. The fourth-order valence-corrected chi connectivity index (χ4v) is 2.41. The number of halogens is 2. The van der Waals surface area contributed by atoms with E-state index in [-0.39, 0.29) is 6.04 Å². The van der Waals surface area contributed by atoms with Crippen molar-refractivity contribution in [2.75, 3.05) is 0 Å². The van der Waals surface area contributed by atoms with E-state index in [9.17, 15) is 0 Å². The number of aromatic nitrogens is 1. The molecule has 1 N–H and O–H groups in total. The predicted octanol–water partition coefficient (Wildman–Crippen LogP) is 4.35. The number of nitrogens with one attached hydrogen (secondary N) is 1. The Hall–Kier alpha value is -0.900. The van der Waals surface area contributed by atoms with Crippen molar-refractivity contribution in [1.82, 2.24) is 10.3 Å².